The van der Waals surface area contributed by atoms with E-state index in [0.29, 0.717) is 12.8 Å². The molecule has 0 saturated carbocycles. The van der Waals surface area contributed by atoms with Gasteiger partial charge >= 0.3 is 0 Å². The first-order valence-corrected chi connectivity index (χ1v) is 23.5. The zero-order valence-electron chi connectivity index (χ0n) is 36.0. The Balaban J connectivity index is 3.56. The molecule has 0 aliphatic carbocycles. The van der Waals surface area contributed by atoms with Crippen LogP contribution in [0.2, 0.25) is 0 Å². The van der Waals surface area contributed by atoms with Gasteiger partial charge in [0.05, 0.1) is 18.8 Å². The minimum atomic E-state index is -0.667. The highest BCUT2D eigenvalue weighted by Gasteiger charge is 2.20. The summed E-state index contributed by atoms with van der Waals surface area (Å²) in [6.45, 7) is 4.25. The molecule has 0 bridgehead atoms. The van der Waals surface area contributed by atoms with Crippen molar-refractivity contribution in [1.29, 1.82) is 0 Å². The maximum atomic E-state index is 12.4. The van der Waals surface area contributed by atoms with Crippen LogP contribution in [0, 0.1) is 0 Å². The SMILES string of the molecule is CC/C=C\C/C=C\C/C=C\C/C=C\C/C=C\CCCCCCCCCC(=O)NC(CO)C(O)CCCCCCCCCCCCCCCCCCCCC. The molecule has 4 heteroatoms. The summed E-state index contributed by atoms with van der Waals surface area (Å²) in [4.78, 5) is 12.4. The topological polar surface area (TPSA) is 69.6 Å². The molecule has 0 heterocycles. The summed E-state index contributed by atoms with van der Waals surface area (Å²) >= 11 is 0. The number of carbonyl (C=O) groups excluding carboxylic acids is 1. The summed E-state index contributed by atoms with van der Waals surface area (Å²) in [6, 6.07) is -0.545. The molecule has 54 heavy (non-hydrogen) atoms. The molecule has 2 unspecified atom stereocenters. The number of nitrogens with one attached hydrogen (secondary N) is 1. The first kappa shape index (κ1) is 52.1. The Morgan fingerprint density at radius 1 is 0.463 bits per heavy atom. The Kier molecular flexibility index (Phi) is 43.9. The number of aliphatic hydroxyl groups is 2. The molecule has 0 fully saturated rings. The second-order valence-electron chi connectivity index (χ2n) is 15.8. The van der Waals surface area contributed by atoms with E-state index in [4.69, 9.17) is 0 Å². The molecule has 0 spiro atoms. The molecular weight excluding hydrogens is 663 g/mol. The Morgan fingerprint density at radius 2 is 0.815 bits per heavy atom. The quantitative estimate of drug-likeness (QED) is 0.0429. The van der Waals surface area contributed by atoms with Gasteiger partial charge in [0.2, 0.25) is 5.91 Å². The highest BCUT2D eigenvalue weighted by Crippen LogP contribution is 2.16. The van der Waals surface area contributed by atoms with Crippen molar-refractivity contribution in [2.45, 2.75) is 244 Å². The number of rotatable bonds is 42. The molecule has 2 atom stereocenters. The number of unbranched alkanes of at least 4 members (excludes halogenated alkanes) is 25. The van der Waals surface area contributed by atoms with Gasteiger partial charge in [0.25, 0.3) is 0 Å². The maximum absolute atomic E-state index is 12.4. The fraction of sp³-hybridized carbons (Fsp3) is 0.780. The van der Waals surface area contributed by atoms with Crippen molar-refractivity contribution in [3.05, 3.63) is 60.8 Å². The van der Waals surface area contributed by atoms with Crippen LogP contribution >= 0.6 is 0 Å². The molecular formula is C50H91NO3. The van der Waals surface area contributed by atoms with Gasteiger partial charge in [-0.05, 0) is 57.8 Å². The van der Waals surface area contributed by atoms with E-state index in [-0.39, 0.29) is 12.5 Å². The smallest absolute Gasteiger partial charge is 0.220 e. The van der Waals surface area contributed by atoms with E-state index < -0.39 is 12.1 Å². The van der Waals surface area contributed by atoms with Crippen molar-refractivity contribution < 1.29 is 15.0 Å². The number of hydrogen-bond acceptors (Lipinski definition) is 3. The lowest BCUT2D eigenvalue weighted by atomic mass is 10.0. The molecule has 0 aromatic rings. The van der Waals surface area contributed by atoms with E-state index in [1.165, 1.54) is 141 Å². The molecule has 1 amide bonds. The summed E-state index contributed by atoms with van der Waals surface area (Å²) < 4.78 is 0. The Labute approximate surface area is 336 Å². The van der Waals surface area contributed by atoms with Gasteiger partial charge in [-0.3, -0.25) is 4.79 Å². The maximum Gasteiger partial charge on any atom is 0.220 e. The van der Waals surface area contributed by atoms with Gasteiger partial charge in [-0.15, -0.1) is 0 Å². The van der Waals surface area contributed by atoms with Crippen LogP contribution in [0.5, 0.6) is 0 Å². The van der Waals surface area contributed by atoms with E-state index in [9.17, 15) is 15.0 Å². The van der Waals surface area contributed by atoms with Crippen LogP contribution in [0.1, 0.15) is 232 Å². The van der Waals surface area contributed by atoms with E-state index >= 15 is 0 Å². The molecule has 0 aromatic heterocycles. The van der Waals surface area contributed by atoms with Crippen molar-refractivity contribution in [3.63, 3.8) is 0 Å². The van der Waals surface area contributed by atoms with Crippen LogP contribution in [0.15, 0.2) is 60.8 Å². The molecule has 0 aromatic carbocycles. The lowest BCUT2D eigenvalue weighted by Gasteiger charge is -2.22. The van der Waals surface area contributed by atoms with Crippen LogP contribution in [0.3, 0.4) is 0 Å². The van der Waals surface area contributed by atoms with E-state index in [1.807, 2.05) is 0 Å². The van der Waals surface area contributed by atoms with Gasteiger partial charge in [-0.2, -0.15) is 0 Å². The lowest BCUT2D eigenvalue weighted by molar-refractivity contribution is -0.123. The van der Waals surface area contributed by atoms with E-state index in [1.54, 1.807) is 0 Å². The minimum absolute atomic E-state index is 0.0432. The largest absolute Gasteiger partial charge is 0.394 e. The number of amides is 1. The Bertz CT molecular complexity index is 904. The third kappa shape index (κ3) is 41.3. The first-order chi connectivity index (χ1) is 26.7. The number of carbonyl (C=O) groups is 1. The predicted octanol–water partition coefficient (Wildman–Crippen LogP) is 14.9. The first-order valence-electron chi connectivity index (χ1n) is 23.5. The number of hydrogen-bond donors (Lipinski definition) is 3. The van der Waals surface area contributed by atoms with Crippen LogP contribution < -0.4 is 5.32 Å². The third-order valence-electron chi connectivity index (χ3n) is 10.5. The van der Waals surface area contributed by atoms with Gasteiger partial charge in [-0.25, -0.2) is 0 Å². The summed E-state index contributed by atoms with van der Waals surface area (Å²) in [5.41, 5.74) is 0. The second-order valence-corrected chi connectivity index (χ2v) is 15.8. The second kappa shape index (κ2) is 45.5. The van der Waals surface area contributed by atoms with Crippen molar-refractivity contribution >= 4 is 5.91 Å². The van der Waals surface area contributed by atoms with Crippen LogP contribution in [-0.4, -0.2) is 34.9 Å². The van der Waals surface area contributed by atoms with Crippen molar-refractivity contribution in [2.75, 3.05) is 6.61 Å². The van der Waals surface area contributed by atoms with Crippen molar-refractivity contribution in [2.24, 2.45) is 0 Å². The summed E-state index contributed by atoms with van der Waals surface area (Å²) in [7, 11) is 0. The minimum Gasteiger partial charge on any atom is -0.394 e. The summed E-state index contributed by atoms with van der Waals surface area (Å²) in [6.07, 6.45) is 63.0. The molecule has 0 saturated heterocycles. The standard InChI is InChI=1S/C50H91NO3/c1-3-5-7-9-11-13-15-17-19-21-23-24-25-26-28-30-32-34-36-38-40-42-44-46-50(54)51-48(47-52)49(53)45-43-41-39-37-35-33-31-29-27-22-20-18-16-14-12-10-8-6-4-2/h5,7,11,13,17,19,23-24,26,28,48-49,52-53H,3-4,6,8-10,12,14-16,18,20-22,25,27,29-47H2,1-2H3,(H,51,54)/b7-5-,13-11-,19-17-,24-23-,28-26-. The summed E-state index contributed by atoms with van der Waals surface area (Å²) in [5, 5.41) is 23.2. The van der Waals surface area contributed by atoms with E-state index in [2.05, 4.69) is 79.9 Å². The number of aliphatic hydroxyl groups excluding tert-OH is 2. The third-order valence-corrected chi connectivity index (χ3v) is 10.5. The predicted molar refractivity (Wildman–Crippen MR) is 239 cm³/mol. The van der Waals surface area contributed by atoms with E-state index in [0.717, 1.165) is 64.2 Å². The molecule has 314 valence electrons. The Hall–Kier alpha value is -1.91. The fourth-order valence-corrected chi connectivity index (χ4v) is 6.98. The molecule has 0 aliphatic rings. The van der Waals surface area contributed by atoms with Crippen molar-refractivity contribution in [1.82, 2.24) is 5.32 Å². The molecule has 0 rings (SSSR count). The Morgan fingerprint density at radius 3 is 1.22 bits per heavy atom. The summed E-state index contributed by atoms with van der Waals surface area (Å²) in [5.74, 6) is -0.0432. The van der Waals surface area contributed by atoms with Gasteiger partial charge in [-0.1, -0.05) is 229 Å². The molecule has 0 aliphatic heterocycles. The lowest BCUT2D eigenvalue weighted by Crippen LogP contribution is -2.45. The normalized spacial score (nSPS) is 13.5. The zero-order chi connectivity index (χ0) is 39.3. The van der Waals surface area contributed by atoms with Gasteiger partial charge < -0.3 is 15.5 Å². The van der Waals surface area contributed by atoms with Crippen LogP contribution in [0.4, 0.5) is 0 Å². The van der Waals surface area contributed by atoms with Gasteiger partial charge in [0.15, 0.2) is 0 Å². The van der Waals surface area contributed by atoms with Crippen molar-refractivity contribution in [3.8, 4) is 0 Å². The van der Waals surface area contributed by atoms with Gasteiger partial charge in [0.1, 0.15) is 0 Å². The zero-order valence-corrected chi connectivity index (χ0v) is 36.0. The van der Waals surface area contributed by atoms with Crippen LogP contribution in [-0.2, 0) is 4.79 Å². The highest BCUT2D eigenvalue weighted by atomic mass is 16.3. The van der Waals surface area contributed by atoms with Gasteiger partial charge in [0, 0.05) is 6.42 Å². The highest BCUT2D eigenvalue weighted by molar-refractivity contribution is 5.76. The fourth-order valence-electron chi connectivity index (χ4n) is 6.98. The molecule has 3 N–H and O–H groups in total. The average molecular weight is 754 g/mol. The monoisotopic (exact) mass is 754 g/mol. The number of allylic oxidation sites excluding steroid dienone is 10. The van der Waals surface area contributed by atoms with Crippen LogP contribution in [0.25, 0.3) is 0 Å². The average Bonchev–Trinajstić information content (AvgIpc) is 3.18. The molecule has 4 nitrogen and oxygen atoms in total. The molecule has 0 radical (unpaired) electrons.